The zero-order valence-corrected chi connectivity index (χ0v) is 22.2. The molecule has 0 aliphatic heterocycles. The van der Waals surface area contributed by atoms with Crippen molar-refractivity contribution < 1.29 is 8.78 Å². The van der Waals surface area contributed by atoms with Crippen LogP contribution < -0.4 is 0 Å². The molecule has 6 aromatic rings. The molecule has 2 aliphatic carbocycles. The van der Waals surface area contributed by atoms with Crippen molar-refractivity contribution in [2.45, 2.75) is 37.8 Å². The summed E-state index contributed by atoms with van der Waals surface area (Å²) in [5.41, 5.74) is 4.30. The summed E-state index contributed by atoms with van der Waals surface area (Å²) in [5.74, 6) is 1.07. The first-order valence-electron chi connectivity index (χ1n) is 13.0. The number of fused-ring (bicyclic) bond motifs is 2. The van der Waals surface area contributed by atoms with Gasteiger partial charge in [-0.2, -0.15) is 0 Å². The Hall–Kier alpha value is -4.82. The lowest BCUT2D eigenvalue weighted by molar-refractivity contribution is 0.627. The SMILES string of the molecule is Fc1ccc2nc(-c3cncnc3Cl)n(C3CC3)c2c1.[C-]#[N+]c1ncncc1-c1nc2ccc(F)cc2n1C1CC1. The van der Waals surface area contributed by atoms with Gasteiger partial charge in [0.1, 0.15) is 34.8 Å². The lowest BCUT2D eigenvalue weighted by Crippen LogP contribution is -1.99. The van der Waals surface area contributed by atoms with E-state index in [0.717, 1.165) is 47.8 Å². The summed E-state index contributed by atoms with van der Waals surface area (Å²) in [4.78, 5) is 28.6. The van der Waals surface area contributed by atoms with Crippen LogP contribution in [0, 0.1) is 18.2 Å². The average Bonchev–Trinajstić information content (AvgIpc) is 3.93. The summed E-state index contributed by atoms with van der Waals surface area (Å²) in [6.45, 7) is 7.23. The van der Waals surface area contributed by atoms with Gasteiger partial charge in [0, 0.05) is 24.5 Å². The van der Waals surface area contributed by atoms with Gasteiger partial charge in [0.2, 0.25) is 6.33 Å². The lowest BCUT2D eigenvalue weighted by Gasteiger charge is -2.08. The van der Waals surface area contributed by atoms with Crippen LogP contribution in [0.25, 0.3) is 49.7 Å². The Morgan fingerprint density at radius 2 is 1.27 bits per heavy atom. The number of halogens is 3. The molecule has 2 aromatic carbocycles. The van der Waals surface area contributed by atoms with Crippen molar-refractivity contribution >= 4 is 39.5 Å². The number of benzene rings is 2. The summed E-state index contributed by atoms with van der Waals surface area (Å²) in [7, 11) is 0. The van der Waals surface area contributed by atoms with Crippen LogP contribution in [0.5, 0.6) is 0 Å². The number of hydrogen-bond donors (Lipinski definition) is 0. The molecule has 0 bridgehead atoms. The van der Waals surface area contributed by atoms with E-state index < -0.39 is 0 Å². The summed E-state index contributed by atoms with van der Waals surface area (Å²) < 4.78 is 31.1. The highest BCUT2D eigenvalue weighted by Gasteiger charge is 2.31. The van der Waals surface area contributed by atoms with Gasteiger partial charge in [0.05, 0.1) is 33.2 Å². The molecular weight excluding hydrogens is 548 g/mol. The maximum Gasteiger partial charge on any atom is 0.283 e. The van der Waals surface area contributed by atoms with E-state index in [2.05, 4.69) is 34.7 Å². The third kappa shape index (κ3) is 4.66. The van der Waals surface area contributed by atoms with Gasteiger partial charge in [-0.1, -0.05) is 18.2 Å². The van der Waals surface area contributed by atoms with Crippen molar-refractivity contribution in [3.05, 3.63) is 89.7 Å². The zero-order valence-electron chi connectivity index (χ0n) is 21.4. The Bertz CT molecular complexity index is 1990. The fraction of sp³-hybridized carbons (Fsp3) is 0.207. The van der Waals surface area contributed by atoms with Crippen LogP contribution in [0.1, 0.15) is 37.8 Å². The van der Waals surface area contributed by atoms with E-state index in [1.54, 1.807) is 24.5 Å². The summed E-state index contributed by atoms with van der Waals surface area (Å²) in [6.07, 6.45) is 10.2. The van der Waals surface area contributed by atoms with Gasteiger partial charge in [-0.25, -0.2) is 33.7 Å². The maximum absolute atomic E-state index is 13.5. The lowest BCUT2D eigenvalue weighted by atomic mass is 10.3. The third-order valence-electron chi connectivity index (χ3n) is 7.07. The van der Waals surface area contributed by atoms with Crippen LogP contribution >= 0.6 is 11.6 Å². The second-order valence-corrected chi connectivity index (χ2v) is 10.3. The molecule has 2 fully saturated rings. The van der Waals surface area contributed by atoms with Crippen molar-refractivity contribution in [3.63, 3.8) is 0 Å². The summed E-state index contributed by atoms with van der Waals surface area (Å²) >= 11 is 6.14. The summed E-state index contributed by atoms with van der Waals surface area (Å²) in [6, 6.07) is 9.83. The number of hydrogen-bond acceptors (Lipinski definition) is 6. The topological polar surface area (TPSA) is 91.6 Å². The Kier molecular flexibility index (Phi) is 6.12. The van der Waals surface area contributed by atoms with Crippen LogP contribution in [0.4, 0.5) is 14.6 Å². The molecule has 9 nitrogen and oxygen atoms in total. The maximum atomic E-state index is 13.5. The molecule has 202 valence electrons. The van der Waals surface area contributed by atoms with Gasteiger partial charge in [-0.3, -0.25) is 0 Å². The molecule has 2 aliphatic rings. The number of rotatable bonds is 4. The minimum absolute atomic E-state index is 0.263. The molecule has 0 unspecified atom stereocenters. The number of nitrogens with zero attached hydrogens (tertiary/aromatic N) is 9. The highest BCUT2D eigenvalue weighted by atomic mass is 35.5. The van der Waals surface area contributed by atoms with E-state index in [9.17, 15) is 8.78 Å². The zero-order chi connectivity index (χ0) is 28.1. The van der Waals surface area contributed by atoms with Crippen LogP contribution in [0.3, 0.4) is 0 Å². The van der Waals surface area contributed by atoms with Crippen molar-refractivity contribution in [2.75, 3.05) is 0 Å². The molecule has 4 aromatic heterocycles. The molecular formula is C29H20ClF2N9. The first-order valence-corrected chi connectivity index (χ1v) is 13.4. The van der Waals surface area contributed by atoms with Gasteiger partial charge in [0.15, 0.2) is 0 Å². The van der Waals surface area contributed by atoms with Crippen LogP contribution in [0.15, 0.2) is 61.4 Å². The Morgan fingerprint density at radius 3 is 1.78 bits per heavy atom. The van der Waals surface area contributed by atoms with Gasteiger partial charge in [-0.05, 0) is 62.1 Å². The molecule has 0 radical (unpaired) electrons. The van der Waals surface area contributed by atoms with Crippen LogP contribution in [-0.2, 0) is 0 Å². The van der Waals surface area contributed by atoms with E-state index in [1.807, 2.05) is 9.13 Å². The van der Waals surface area contributed by atoms with E-state index in [-0.39, 0.29) is 17.5 Å². The standard InChI is InChI=1S/C15H10FN5.C14H10ClFN4/c1-17-14-11(7-18-8-19-14)15-20-12-5-2-9(16)6-13(12)21(15)10-3-4-10;15-13-10(6-17-7-18-13)14-19-11-4-1-8(16)5-12(11)20(14)9-2-3-9/h2,5-8,10H,3-4H2;1,4-7,9H,2-3H2. The fourth-order valence-electron chi connectivity index (χ4n) is 4.95. The molecule has 8 rings (SSSR count). The molecule has 12 heteroatoms. The van der Waals surface area contributed by atoms with Crippen LogP contribution in [0.2, 0.25) is 5.15 Å². The quantitative estimate of drug-likeness (QED) is 0.166. The number of imidazole rings is 2. The van der Waals surface area contributed by atoms with Crippen molar-refractivity contribution in [1.82, 2.24) is 39.0 Å². The molecule has 2 saturated carbocycles. The van der Waals surface area contributed by atoms with E-state index in [1.165, 1.54) is 36.9 Å². The normalized spacial score (nSPS) is 14.6. The second-order valence-electron chi connectivity index (χ2n) is 9.94. The van der Waals surface area contributed by atoms with Crippen molar-refractivity contribution in [1.29, 1.82) is 0 Å². The largest absolute Gasteiger partial charge is 0.360 e. The predicted octanol–water partition coefficient (Wildman–Crippen LogP) is 7.14. The Morgan fingerprint density at radius 1 is 0.756 bits per heavy atom. The van der Waals surface area contributed by atoms with Crippen molar-refractivity contribution in [3.8, 4) is 22.8 Å². The Labute approximate surface area is 237 Å². The minimum Gasteiger partial charge on any atom is -0.360 e. The van der Waals surface area contributed by atoms with E-state index in [4.69, 9.17) is 18.2 Å². The van der Waals surface area contributed by atoms with Crippen LogP contribution in [-0.4, -0.2) is 39.0 Å². The van der Waals surface area contributed by atoms with Gasteiger partial charge >= 0.3 is 0 Å². The van der Waals surface area contributed by atoms with Gasteiger partial charge < -0.3 is 14.0 Å². The number of aromatic nitrogens is 8. The fourth-order valence-corrected chi connectivity index (χ4v) is 5.13. The molecule has 0 amide bonds. The summed E-state index contributed by atoms with van der Waals surface area (Å²) in [5, 5.41) is 0.359. The first kappa shape index (κ1) is 25.2. The highest BCUT2D eigenvalue weighted by Crippen LogP contribution is 2.43. The van der Waals surface area contributed by atoms with Gasteiger partial charge in [0.25, 0.3) is 5.82 Å². The predicted molar refractivity (Wildman–Crippen MR) is 149 cm³/mol. The molecule has 41 heavy (non-hydrogen) atoms. The van der Waals surface area contributed by atoms with E-state index >= 15 is 0 Å². The molecule has 0 saturated heterocycles. The average molecular weight is 568 g/mol. The smallest absolute Gasteiger partial charge is 0.283 e. The highest BCUT2D eigenvalue weighted by molar-refractivity contribution is 6.31. The van der Waals surface area contributed by atoms with E-state index in [0.29, 0.717) is 40.0 Å². The van der Waals surface area contributed by atoms with Gasteiger partial charge in [-0.15, -0.1) is 4.98 Å². The van der Waals surface area contributed by atoms with Crippen molar-refractivity contribution in [2.24, 2.45) is 0 Å². The molecule has 0 spiro atoms. The first-order chi connectivity index (χ1) is 20.0. The minimum atomic E-state index is -0.287. The molecule has 0 atom stereocenters. The second kappa shape index (κ2) is 9.98. The Balaban J connectivity index is 0.000000135. The third-order valence-corrected chi connectivity index (χ3v) is 7.37. The molecule has 4 heterocycles. The molecule has 0 N–H and O–H groups in total. The monoisotopic (exact) mass is 567 g/mol.